The van der Waals surface area contributed by atoms with Crippen molar-refractivity contribution in [1.82, 2.24) is 5.32 Å². The first-order valence-corrected chi connectivity index (χ1v) is 7.53. The van der Waals surface area contributed by atoms with Crippen LogP contribution in [0, 0.1) is 0 Å². The van der Waals surface area contributed by atoms with Crippen molar-refractivity contribution in [2.24, 2.45) is 0 Å². The number of ether oxygens (including phenoxy) is 2. The zero-order chi connectivity index (χ0) is 13.0. The van der Waals surface area contributed by atoms with Crippen molar-refractivity contribution in [1.29, 1.82) is 0 Å². The highest BCUT2D eigenvalue weighted by Gasteiger charge is 2.41. The maximum atomic E-state index is 6.06. The topological polar surface area (TPSA) is 30.5 Å². The van der Waals surface area contributed by atoms with Crippen molar-refractivity contribution >= 4 is 22.9 Å². The number of rotatable bonds is 5. The van der Waals surface area contributed by atoms with Gasteiger partial charge in [-0.1, -0.05) is 18.5 Å². The highest BCUT2D eigenvalue weighted by atomic mass is 35.5. The number of halogens is 1. The fourth-order valence-corrected chi connectivity index (χ4v) is 3.80. The number of nitrogens with one attached hydrogen (secondary N) is 1. The number of likely N-dealkylation sites (N-methyl/N-ethyl adjacent to an activating group) is 1. The van der Waals surface area contributed by atoms with Gasteiger partial charge in [-0.3, -0.25) is 0 Å². The van der Waals surface area contributed by atoms with Gasteiger partial charge < -0.3 is 14.8 Å². The molecule has 102 valence electrons. The van der Waals surface area contributed by atoms with E-state index < -0.39 is 0 Å². The summed E-state index contributed by atoms with van der Waals surface area (Å²) in [6.07, 6.45) is 1.83. The van der Waals surface area contributed by atoms with Gasteiger partial charge in [0, 0.05) is 38.0 Å². The normalized spacial score (nSPS) is 20.8. The molecule has 5 heteroatoms. The molecule has 1 fully saturated rings. The Labute approximate surface area is 117 Å². The molecule has 1 aromatic rings. The van der Waals surface area contributed by atoms with Crippen LogP contribution in [0.25, 0.3) is 0 Å². The van der Waals surface area contributed by atoms with Gasteiger partial charge in [-0.05, 0) is 18.7 Å². The molecule has 18 heavy (non-hydrogen) atoms. The van der Waals surface area contributed by atoms with Gasteiger partial charge in [0.05, 0.1) is 16.0 Å². The summed E-state index contributed by atoms with van der Waals surface area (Å²) in [5.74, 6) is 0. The molecule has 0 radical (unpaired) electrons. The van der Waals surface area contributed by atoms with Gasteiger partial charge in [-0.2, -0.15) is 0 Å². The van der Waals surface area contributed by atoms with E-state index >= 15 is 0 Å². The van der Waals surface area contributed by atoms with Crippen molar-refractivity contribution < 1.29 is 9.47 Å². The Morgan fingerprint density at radius 1 is 1.50 bits per heavy atom. The van der Waals surface area contributed by atoms with E-state index in [0.717, 1.165) is 36.9 Å². The van der Waals surface area contributed by atoms with Crippen molar-refractivity contribution in [3.8, 4) is 0 Å². The predicted octanol–water partition coefficient (Wildman–Crippen LogP) is 3.25. The first-order valence-electron chi connectivity index (χ1n) is 6.33. The van der Waals surface area contributed by atoms with Crippen LogP contribution in [-0.2, 0) is 9.47 Å². The van der Waals surface area contributed by atoms with Gasteiger partial charge in [0.25, 0.3) is 0 Å². The van der Waals surface area contributed by atoms with Crippen LogP contribution in [0.1, 0.15) is 30.7 Å². The smallest absolute Gasteiger partial charge is 0.0931 e. The first-order chi connectivity index (χ1) is 8.72. The monoisotopic (exact) mass is 289 g/mol. The highest BCUT2D eigenvalue weighted by Crippen LogP contribution is 2.40. The first kappa shape index (κ1) is 14.3. The van der Waals surface area contributed by atoms with E-state index in [1.54, 1.807) is 18.4 Å². The highest BCUT2D eigenvalue weighted by molar-refractivity contribution is 7.16. The number of thiophene rings is 1. The molecule has 0 saturated carbocycles. The molecule has 0 spiro atoms. The molecule has 0 aliphatic carbocycles. The van der Waals surface area contributed by atoms with E-state index in [1.807, 2.05) is 6.07 Å². The Balaban J connectivity index is 2.26. The lowest BCUT2D eigenvalue weighted by Crippen LogP contribution is -2.49. The Morgan fingerprint density at radius 2 is 2.22 bits per heavy atom. The zero-order valence-corrected chi connectivity index (χ0v) is 12.4. The summed E-state index contributed by atoms with van der Waals surface area (Å²) in [6, 6.07) is 4.24. The van der Waals surface area contributed by atoms with Crippen LogP contribution in [0.4, 0.5) is 0 Å². The number of methoxy groups -OCH3 is 1. The maximum Gasteiger partial charge on any atom is 0.0931 e. The summed E-state index contributed by atoms with van der Waals surface area (Å²) in [4.78, 5) is 1.24. The molecule has 0 aromatic carbocycles. The van der Waals surface area contributed by atoms with Gasteiger partial charge >= 0.3 is 0 Å². The summed E-state index contributed by atoms with van der Waals surface area (Å²) in [5.41, 5.74) is -0.178. The van der Waals surface area contributed by atoms with Crippen molar-refractivity contribution in [3.63, 3.8) is 0 Å². The third kappa shape index (κ3) is 2.89. The molecule has 1 saturated heterocycles. The standard InChI is InChI=1S/C13H20ClNO2S/c1-3-15-12(10-4-5-11(14)18-10)13(16-2)6-8-17-9-7-13/h4-5,12,15H,3,6-9H2,1-2H3. The van der Waals surface area contributed by atoms with Crippen molar-refractivity contribution in [2.45, 2.75) is 31.4 Å². The minimum atomic E-state index is -0.178. The summed E-state index contributed by atoms with van der Waals surface area (Å²) < 4.78 is 12.2. The minimum Gasteiger partial charge on any atom is -0.381 e. The van der Waals surface area contributed by atoms with Crippen LogP contribution >= 0.6 is 22.9 Å². The van der Waals surface area contributed by atoms with E-state index in [9.17, 15) is 0 Å². The van der Waals surface area contributed by atoms with Crippen LogP contribution in [0.5, 0.6) is 0 Å². The van der Waals surface area contributed by atoms with E-state index in [-0.39, 0.29) is 11.6 Å². The second-order valence-electron chi connectivity index (χ2n) is 4.51. The van der Waals surface area contributed by atoms with Gasteiger partial charge in [-0.15, -0.1) is 11.3 Å². The third-order valence-electron chi connectivity index (χ3n) is 3.56. The molecule has 0 amide bonds. The Morgan fingerprint density at radius 3 is 2.72 bits per heavy atom. The van der Waals surface area contributed by atoms with Crippen LogP contribution < -0.4 is 5.32 Å². The number of hydrogen-bond donors (Lipinski definition) is 1. The van der Waals surface area contributed by atoms with Crippen LogP contribution in [0.3, 0.4) is 0 Å². The molecule has 1 aliphatic heterocycles. The van der Waals surface area contributed by atoms with Crippen molar-refractivity contribution in [3.05, 3.63) is 21.3 Å². The summed E-state index contributed by atoms with van der Waals surface area (Å²) in [6.45, 7) is 4.54. The largest absolute Gasteiger partial charge is 0.381 e. The molecule has 1 N–H and O–H groups in total. The minimum absolute atomic E-state index is 0.178. The molecule has 1 unspecified atom stereocenters. The van der Waals surface area contributed by atoms with Crippen LogP contribution in [0.15, 0.2) is 12.1 Å². The van der Waals surface area contributed by atoms with Gasteiger partial charge in [0.2, 0.25) is 0 Å². The predicted molar refractivity (Wildman–Crippen MR) is 75.5 cm³/mol. The van der Waals surface area contributed by atoms with Gasteiger partial charge in [0.15, 0.2) is 0 Å². The van der Waals surface area contributed by atoms with Gasteiger partial charge in [0.1, 0.15) is 0 Å². The quantitative estimate of drug-likeness (QED) is 0.903. The average molecular weight is 290 g/mol. The molecular weight excluding hydrogens is 270 g/mol. The molecule has 3 nitrogen and oxygen atoms in total. The summed E-state index contributed by atoms with van der Waals surface area (Å²) in [5, 5.41) is 3.54. The average Bonchev–Trinajstić information content (AvgIpc) is 2.83. The van der Waals surface area contributed by atoms with E-state index in [1.165, 1.54) is 4.88 Å². The third-order valence-corrected chi connectivity index (χ3v) is 4.85. The van der Waals surface area contributed by atoms with Crippen molar-refractivity contribution in [2.75, 3.05) is 26.9 Å². The second kappa shape index (κ2) is 6.35. The molecule has 1 aliphatic rings. The second-order valence-corrected chi connectivity index (χ2v) is 6.26. The molecule has 1 aromatic heterocycles. The maximum absolute atomic E-state index is 6.06. The van der Waals surface area contributed by atoms with E-state index in [2.05, 4.69) is 18.3 Å². The Kier molecular flexibility index (Phi) is 5.04. The molecule has 1 atom stereocenters. The molecule has 2 heterocycles. The number of hydrogen-bond acceptors (Lipinski definition) is 4. The molecular formula is C13H20ClNO2S. The van der Waals surface area contributed by atoms with Crippen LogP contribution in [0.2, 0.25) is 4.34 Å². The lowest BCUT2D eigenvalue weighted by atomic mass is 9.85. The van der Waals surface area contributed by atoms with Gasteiger partial charge in [-0.25, -0.2) is 0 Å². The summed E-state index contributed by atoms with van der Waals surface area (Å²) in [7, 11) is 1.80. The zero-order valence-electron chi connectivity index (χ0n) is 10.9. The fraction of sp³-hybridized carbons (Fsp3) is 0.692. The summed E-state index contributed by atoms with van der Waals surface area (Å²) >= 11 is 7.68. The lowest BCUT2D eigenvalue weighted by Gasteiger charge is -2.42. The SMILES string of the molecule is CCNC(c1ccc(Cl)s1)C1(OC)CCOCC1. The fourth-order valence-electron chi connectivity index (χ4n) is 2.56. The lowest BCUT2D eigenvalue weighted by molar-refractivity contribution is -0.110. The van der Waals surface area contributed by atoms with Crippen LogP contribution in [-0.4, -0.2) is 32.5 Å². The van der Waals surface area contributed by atoms with E-state index in [0.29, 0.717) is 0 Å². The van der Waals surface area contributed by atoms with E-state index in [4.69, 9.17) is 21.1 Å². The Hall–Kier alpha value is -0.130. The molecule has 0 bridgehead atoms. The molecule has 2 rings (SSSR count). The Bertz CT molecular complexity index is 377.